The summed E-state index contributed by atoms with van der Waals surface area (Å²) in [6, 6.07) is 9.13. The van der Waals surface area contributed by atoms with Gasteiger partial charge in [0, 0.05) is 12.5 Å². The standard InChI is InChI=1S/C17H18O6/c1-17(2)22-14-13(19-3)12(21-16(14)23-17)10-8-9-6-4-5-7-11(9)20-15(10)18/h4-8,12-14,16H,1-3H3. The number of para-hydroxylation sites is 1. The molecule has 2 fully saturated rings. The van der Waals surface area contributed by atoms with Crippen LogP contribution in [-0.4, -0.2) is 31.4 Å². The second kappa shape index (κ2) is 5.14. The highest BCUT2D eigenvalue weighted by molar-refractivity contribution is 5.76. The van der Waals surface area contributed by atoms with Crippen molar-refractivity contribution >= 4 is 11.0 Å². The molecular formula is C17H18O6. The number of rotatable bonds is 2. The molecule has 2 saturated heterocycles. The Bertz CT molecular complexity index is 795. The molecule has 2 aliphatic heterocycles. The monoisotopic (exact) mass is 318 g/mol. The van der Waals surface area contributed by atoms with E-state index in [1.54, 1.807) is 19.2 Å². The molecule has 0 aliphatic carbocycles. The number of ether oxygens (including phenoxy) is 4. The zero-order chi connectivity index (χ0) is 16.2. The molecule has 4 rings (SSSR count). The number of methoxy groups -OCH3 is 1. The molecule has 6 heteroatoms. The maximum atomic E-state index is 12.3. The number of benzene rings is 1. The first kappa shape index (κ1) is 14.8. The van der Waals surface area contributed by atoms with Gasteiger partial charge in [-0.05, 0) is 26.0 Å². The largest absolute Gasteiger partial charge is 0.422 e. The fraction of sp³-hybridized carbons (Fsp3) is 0.471. The molecule has 0 saturated carbocycles. The highest BCUT2D eigenvalue weighted by Gasteiger charge is 2.56. The van der Waals surface area contributed by atoms with E-state index >= 15 is 0 Å². The topological polar surface area (TPSA) is 67.1 Å². The van der Waals surface area contributed by atoms with E-state index in [1.807, 2.05) is 32.0 Å². The SMILES string of the molecule is COC1C(c2cc3ccccc3oc2=O)OC2OC(C)(C)OC21. The molecule has 0 N–H and O–H groups in total. The summed E-state index contributed by atoms with van der Waals surface area (Å²) >= 11 is 0. The quantitative estimate of drug-likeness (QED) is 0.792. The van der Waals surface area contributed by atoms with E-state index in [1.165, 1.54) is 0 Å². The molecule has 4 atom stereocenters. The zero-order valence-corrected chi connectivity index (χ0v) is 13.1. The van der Waals surface area contributed by atoms with Gasteiger partial charge in [-0.2, -0.15) is 0 Å². The van der Waals surface area contributed by atoms with Crippen LogP contribution in [0.15, 0.2) is 39.5 Å². The molecule has 122 valence electrons. The smallest absolute Gasteiger partial charge is 0.342 e. The maximum Gasteiger partial charge on any atom is 0.342 e. The van der Waals surface area contributed by atoms with Gasteiger partial charge < -0.3 is 23.4 Å². The van der Waals surface area contributed by atoms with E-state index in [9.17, 15) is 4.79 Å². The fourth-order valence-electron chi connectivity index (χ4n) is 3.26. The highest BCUT2D eigenvalue weighted by Crippen LogP contribution is 2.43. The minimum absolute atomic E-state index is 0.383. The molecule has 0 amide bonds. The number of hydrogen-bond acceptors (Lipinski definition) is 6. The van der Waals surface area contributed by atoms with Crippen molar-refractivity contribution in [3.63, 3.8) is 0 Å². The molecule has 6 nitrogen and oxygen atoms in total. The summed E-state index contributed by atoms with van der Waals surface area (Å²) in [5.74, 6) is -0.731. The third-order valence-electron chi connectivity index (χ3n) is 4.24. The van der Waals surface area contributed by atoms with Gasteiger partial charge in [-0.1, -0.05) is 18.2 Å². The van der Waals surface area contributed by atoms with E-state index in [2.05, 4.69) is 0 Å². The Morgan fingerprint density at radius 2 is 1.96 bits per heavy atom. The van der Waals surface area contributed by atoms with E-state index < -0.39 is 29.9 Å². The first-order valence-corrected chi connectivity index (χ1v) is 7.55. The van der Waals surface area contributed by atoms with Crippen molar-refractivity contribution in [1.82, 2.24) is 0 Å². The lowest BCUT2D eigenvalue weighted by Crippen LogP contribution is -2.34. The van der Waals surface area contributed by atoms with Gasteiger partial charge in [0.25, 0.3) is 0 Å². The molecular weight excluding hydrogens is 300 g/mol. The second-order valence-corrected chi connectivity index (χ2v) is 6.25. The van der Waals surface area contributed by atoms with Gasteiger partial charge in [-0.3, -0.25) is 0 Å². The Labute approximate surface area is 132 Å². The summed E-state index contributed by atoms with van der Waals surface area (Å²) in [6.45, 7) is 3.64. The lowest BCUT2D eigenvalue weighted by molar-refractivity contribution is -0.218. The Morgan fingerprint density at radius 3 is 2.74 bits per heavy atom. The predicted octanol–water partition coefficient (Wildman–Crippen LogP) is 2.36. The van der Waals surface area contributed by atoms with Crippen LogP contribution in [0.3, 0.4) is 0 Å². The number of fused-ring (bicyclic) bond motifs is 2. The van der Waals surface area contributed by atoms with Crippen molar-refractivity contribution in [2.45, 2.75) is 44.2 Å². The van der Waals surface area contributed by atoms with Crippen molar-refractivity contribution in [2.75, 3.05) is 7.11 Å². The first-order chi connectivity index (χ1) is 11.0. The van der Waals surface area contributed by atoms with Gasteiger partial charge in [0.2, 0.25) is 0 Å². The van der Waals surface area contributed by atoms with Crippen LogP contribution < -0.4 is 5.63 Å². The van der Waals surface area contributed by atoms with E-state index in [-0.39, 0.29) is 6.10 Å². The van der Waals surface area contributed by atoms with Gasteiger partial charge in [-0.25, -0.2) is 4.79 Å². The minimum atomic E-state index is -0.731. The van der Waals surface area contributed by atoms with Crippen LogP contribution in [0.1, 0.15) is 25.5 Å². The van der Waals surface area contributed by atoms with Gasteiger partial charge >= 0.3 is 5.63 Å². The van der Waals surface area contributed by atoms with Crippen LogP contribution in [0.4, 0.5) is 0 Å². The van der Waals surface area contributed by atoms with Crippen molar-refractivity contribution in [1.29, 1.82) is 0 Å². The van der Waals surface area contributed by atoms with E-state index in [0.717, 1.165) is 5.39 Å². The molecule has 4 unspecified atom stereocenters. The normalized spacial score (nSPS) is 32.3. The predicted molar refractivity (Wildman–Crippen MR) is 80.9 cm³/mol. The molecule has 0 bridgehead atoms. The molecule has 1 aromatic carbocycles. The summed E-state index contributed by atoms with van der Waals surface area (Å²) in [5, 5.41) is 0.833. The summed E-state index contributed by atoms with van der Waals surface area (Å²) in [6.07, 6.45) is -1.98. The second-order valence-electron chi connectivity index (χ2n) is 6.25. The highest BCUT2D eigenvalue weighted by atomic mass is 16.8. The van der Waals surface area contributed by atoms with Gasteiger partial charge in [-0.15, -0.1) is 0 Å². The van der Waals surface area contributed by atoms with Crippen LogP contribution in [0.5, 0.6) is 0 Å². The summed E-state index contributed by atoms with van der Waals surface area (Å²) < 4.78 is 28.4. The van der Waals surface area contributed by atoms with Crippen LogP contribution in [0.25, 0.3) is 11.0 Å². The van der Waals surface area contributed by atoms with Crippen molar-refractivity contribution < 1.29 is 23.4 Å². The van der Waals surface area contributed by atoms with Crippen molar-refractivity contribution in [2.24, 2.45) is 0 Å². The summed E-state index contributed by atoms with van der Waals surface area (Å²) in [7, 11) is 1.57. The van der Waals surface area contributed by atoms with Gasteiger partial charge in [0.1, 0.15) is 23.9 Å². The van der Waals surface area contributed by atoms with E-state index in [4.69, 9.17) is 23.4 Å². The zero-order valence-electron chi connectivity index (χ0n) is 13.1. The Hall–Kier alpha value is -1.73. The first-order valence-electron chi connectivity index (χ1n) is 7.55. The molecule has 0 spiro atoms. The van der Waals surface area contributed by atoms with Gasteiger partial charge in [0.15, 0.2) is 12.1 Å². The number of hydrogen-bond donors (Lipinski definition) is 0. The molecule has 3 heterocycles. The van der Waals surface area contributed by atoms with Crippen LogP contribution in [-0.2, 0) is 18.9 Å². The van der Waals surface area contributed by atoms with Crippen LogP contribution >= 0.6 is 0 Å². The summed E-state index contributed by atoms with van der Waals surface area (Å²) in [4.78, 5) is 12.3. The Kier molecular flexibility index (Phi) is 3.32. The lowest BCUT2D eigenvalue weighted by atomic mass is 10.0. The Morgan fingerprint density at radius 1 is 1.17 bits per heavy atom. The van der Waals surface area contributed by atoms with Crippen LogP contribution in [0, 0.1) is 0 Å². The molecule has 1 aromatic heterocycles. The third-order valence-corrected chi connectivity index (χ3v) is 4.24. The average Bonchev–Trinajstić information content (AvgIpc) is 2.97. The lowest BCUT2D eigenvalue weighted by Gasteiger charge is -2.24. The van der Waals surface area contributed by atoms with E-state index in [0.29, 0.717) is 11.1 Å². The molecule has 23 heavy (non-hydrogen) atoms. The third kappa shape index (κ3) is 2.38. The van der Waals surface area contributed by atoms with Gasteiger partial charge in [0.05, 0.1) is 5.56 Å². The molecule has 2 aliphatic rings. The molecule has 0 radical (unpaired) electrons. The summed E-state index contributed by atoms with van der Waals surface area (Å²) in [5.41, 5.74) is 0.520. The average molecular weight is 318 g/mol. The van der Waals surface area contributed by atoms with Crippen LogP contribution in [0.2, 0.25) is 0 Å². The van der Waals surface area contributed by atoms with Crippen molar-refractivity contribution in [3.8, 4) is 0 Å². The molecule has 2 aromatic rings. The fourth-order valence-corrected chi connectivity index (χ4v) is 3.26. The maximum absolute atomic E-state index is 12.3. The minimum Gasteiger partial charge on any atom is -0.422 e. The van der Waals surface area contributed by atoms with Crippen molar-refractivity contribution in [3.05, 3.63) is 46.3 Å². The Balaban J connectivity index is 1.74.